The van der Waals surface area contributed by atoms with E-state index in [9.17, 15) is 0 Å². The van der Waals surface area contributed by atoms with Crippen molar-refractivity contribution in [3.8, 4) is 0 Å². The van der Waals surface area contributed by atoms with Crippen LogP contribution >= 0.6 is 0 Å². The predicted octanol–water partition coefficient (Wildman–Crippen LogP) is 0.468. The van der Waals surface area contributed by atoms with Crippen molar-refractivity contribution in [3.05, 3.63) is 12.2 Å². The molecule has 0 aliphatic rings. The maximum Gasteiger partial charge on any atom is 0.247 e. The van der Waals surface area contributed by atoms with Crippen molar-refractivity contribution in [1.82, 2.24) is 0 Å². The van der Waals surface area contributed by atoms with Gasteiger partial charge in [-0.1, -0.05) is 6.58 Å². The topological polar surface area (TPSA) is 44.5 Å². The minimum Gasteiger partial charge on any atom is -0.337 e. The van der Waals surface area contributed by atoms with Crippen LogP contribution in [0.2, 0.25) is 0 Å². The molecular formula is C6H13NO2. The van der Waals surface area contributed by atoms with Gasteiger partial charge < -0.3 is 9.47 Å². The molecule has 0 saturated carbocycles. The van der Waals surface area contributed by atoms with Crippen molar-refractivity contribution >= 4 is 0 Å². The summed E-state index contributed by atoms with van der Waals surface area (Å²) in [5, 5.41) is 0. The van der Waals surface area contributed by atoms with Crippen LogP contribution in [0.15, 0.2) is 12.2 Å². The average molecular weight is 131 g/mol. The third-order valence-electron chi connectivity index (χ3n) is 1.20. The van der Waals surface area contributed by atoms with E-state index in [0.29, 0.717) is 5.57 Å². The summed E-state index contributed by atoms with van der Waals surface area (Å²) < 4.78 is 9.61. The second kappa shape index (κ2) is 2.96. The predicted molar refractivity (Wildman–Crippen MR) is 35.8 cm³/mol. The van der Waals surface area contributed by atoms with Crippen molar-refractivity contribution in [2.75, 3.05) is 14.2 Å². The fraction of sp³-hybridized carbons (Fsp3) is 0.667. The number of hydrogen-bond acceptors (Lipinski definition) is 3. The van der Waals surface area contributed by atoms with Gasteiger partial charge in [0.2, 0.25) is 5.91 Å². The van der Waals surface area contributed by atoms with Gasteiger partial charge in [-0.15, -0.1) is 0 Å². The maximum absolute atomic E-state index is 5.50. The molecule has 0 amide bonds. The Hall–Kier alpha value is -0.380. The molecule has 0 aromatic heterocycles. The van der Waals surface area contributed by atoms with E-state index in [2.05, 4.69) is 6.58 Å². The van der Waals surface area contributed by atoms with Crippen LogP contribution in [-0.2, 0) is 9.47 Å². The van der Waals surface area contributed by atoms with Gasteiger partial charge in [0.25, 0.3) is 0 Å². The number of ether oxygens (including phenoxy) is 2. The van der Waals surface area contributed by atoms with Gasteiger partial charge in [-0.2, -0.15) is 0 Å². The molecule has 0 spiro atoms. The number of rotatable bonds is 3. The van der Waals surface area contributed by atoms with Crippen molar-refractivity contribution in [2.24, 2.45) is 5.73 Å². The van der Waals surface area contributed by atoms with Gasteiger partial charge >= 0.3 is 0 Å². The van der Waals surface area contributed by atoms with Crippen molar-refractivity contribution in [2.45, 2.75) is 12.8 Å². The molecule has 0 aromatic carbocycles. The molecule has 0 aromatic rings. The molecule has 0 heterocycles. The normalized spacial score (nSPS) is 11.6. The highest BCUT2D eigenvalue weighted by molar-refractivity contribution is 5.00. The SMILES string of the molecule is C=C(C)C(N)(OC)OC. The minimum atomic E-state index is -1.11. The Morgan fingerprint density at radius 2 is 1.78 bits per heavy atom. The highest BCUT2D eigenvalue weighted by Crippen LogP contribution is 2.11. The summed E-state index contributed by atoms with van der Waals surface area (Å²) in [4.78, 5) is 0. The molecule has 0 aliphatic heterocycles. The van der Waals surface area contributed by atoms with Crippen LogP contribution in [0.25, 0.3) is 0 Å². The van der Waals surface area contributed by atoms with Gasteiger partial charge in [-0.3, -0.25) is 5.73 Å². The molecule has 0 saturated heterocycles. The highest BCUT2D eigenvalue weighted by Gasteiger charge is 2.23. The quantitative estimate of drug-likeness (QED) is 0.447. The first-order valence-corrected chi connectivity index (χ1v) is 2.62. The zero-order valence-corrected chi connectivity index (χ0v) is 6.10. The molecule has 9 heavy (non-hydrogen) atoms. The lowest BCUT2D eigenvalue weighted by Crippen LogP contribution is -2.44. The van der Waals surface area contributed by atoms with Gasteiger partial charge in [-0.05, 0) is 12.5 Å². The summed E-state index contributed by atoms with van der Waals surface area (Å²) >= 11 is 0. The first-order chi connectivity index (χ1) is 4.06. The van der Waals surface area contributed by atoms with Crippen LogP contribution in [0.5, 0.6) is 0 Å². The first-order valence-electron chi connectivity index (χ1n) is 2.62. The van der Waals surface area contributed by atoms with E-state index in [1.54, 1.807) is 6.92 Å². The van der Waals surface area contributed by atoms with Crippen molar-refractivity contribution in [3.63, 3.8) is 0 Å². The standard InChI is InChI=1S/C6H13NO2/c1-5(2)6(7,8-3)9-4/h1,7H2,2-4H3. The molecule has 3 nitrogen and oxygen atoms in total. The van der Waals surface area contributed by atoms with Crippen LogP contribution in [-0.4, -0.2) is 20.1 Å². The molecule has 3 heteroatoms. The van der Waals surface area contributed by atoms with Crippen LogP contribution in [0.1, 0.15) is 6.92 Å². The summed E-state index contributed by atoms with van der Waals surface area (Å²) in [5.41, 5.74) is 6.14. The largest absolute Gasteiger partial charge is 0.337 e. The van der Waals surface area contributed by atoms with E-state index in [1.165, 1.54) is 14.2 Å². The molecular weight excluding hydrogens is 118 g/mol. The van der Waals surface area contributed by atoms with Crippen molar-refractivity contribution in [1.29, 1.82) is 0 Å². The molecule has 2 N–H and O–H groups in total. The molecule has 54 valence electrons. The number of methoxy groups -OCH3 is 2. The Kier molecular flexibility index (Phi) is 2.84. The molecule has 0 atom stereocenters. The summed E-state index contributed by atoms with van der Waals surface area (Å²) in [6.07, 6.45) is 0. The molecule has 0 unspecified atom stereocenters. The Balaban J connectivity index is 4.09. The van der Waals surface area contributed by atoms with Gasteiger partial charge in [0.05, 0.1) is 0 Å². The fourth-order valence-electron chi connectivity index (χ4n) is 0.432. The second-order valence-corrected chi connectivity index (χ2v) is 1.86. The minimum absolute atomic E-state index is 0.646. The molecule has 0 bridgehead atoms. The Labute approximate surface area is 55.4 Å². The van der Waals surface area contributed by atoms with Crippen LogP contribution in [0.3, 0.4) is 0 Å². The summed E-state index contributed by atoms with van der Waals surface area (Å²) in [6.45, 7) is 5.34. The van der Waals surface area contributed by atoms with E-state index in [-0.39, 0.29) is 0 Å². The Morgan fingerprint density at radius 3 is 1.78 bits per heavy atom. The lowest BCUT2D eigenvalue weighted by molar-refractivity contribution is -0.173. The zero-order chi connectivity index (χ0) is 7.49. The number of hydrogen-bond donors (Lipinski definition) is 1. The summed E-state index contributed by atoms with van der Waals surface area (Å²) in [6, 6.07) is 0. The number of nitrogens with two attached hydrogens (primary N) is 1. The van der Waals surface area contributed by atoms with Crippen LogP contribution in [0, 0.1) is 0 Å². The summed E-state index contributed by atoms with van der Waals surface area (Å²) in [5.74, 6) is -1.11. The molecule has 0 fully saturated rings. The van der Waals surface area contributed by atoms with Crippen LogP contribution in [0.4, 0.5) is 0 Å². The van der Waals surface area contributed by atoms with E-state index in [0.717, 1.165) is 0 Å². The second-order valence-electron chi connectivity index (χ2n) is 1.86. The average Bonchev–Trinajstić information content (AvgIpc) is 1.86. The Bertz CT molecular complexity index is 108. The highest BCUT2D eigenvalue weighted by atomic mass is 16.7. The van der Waals surface area contributed by atoms with Gasteiger partial charge in [0.1, 0.15) is 0 Å². The third-order valence-corrected chi connectivity index (χ3v) is 1.20. The van der Waals surface area contributed by atoms with E-state index < -0.39 is 5.91 Å². The van der Waals surface area contributed by atoms with Crippen molar-refractivity contribution < 1.29 is 9.47 Å². The van der Waals surface area contributed by atoms with E-state index >= 15 is 0 Å². The third kappa shape index (κ3) is 1.78. The first kappa shape index (κ1) is 8.62. The van der Waals surface area contributed by atoms with Gasteiger partial charge in [-0.25, -0.2) is 0 Å². The molecule has 0 rings (SSSR count). The fourth-order valence-corrected chi connectivity index (χ4v) is 0.432. The molecule has 0 aliphatic carbocycles. The van der Waals surface area contributed by atoms with E-state index in [4.69, 9.17) is 15.2 Å². The zero-order valence-electron chi connectivity index (χ0n) is 6.10. The monoisotopic (exact) mass is 131 g/mol. The lowest BCUT2D eigenvalue weighted by atomic mass is 10.3. The lowest BCUT2D eigenvalue weighted by Gasteiger charge is -2.25. The van der Waals surface area contributed by atoms with Gasteiger partial charge in [0, 0.05) is 14.2 Å². The smallest absolute Gasteiger partial charge is 0.247 e. The maximum atomic E-state index is 5.50. The Morgan fingerprint density at radius 1 is 1.44 bits per heavy atom. The molecule has 0 radical (unpaired) electrons. The van der Waals surface area contributed by atoms with Crippen LogP contribution < -0.4 is 5.73 Å². The van der Waals surface area contributed by atoms with Gasteiger partial charge in [0.15, 0.2) is 0 Å². The summed E-state index contributed by atoms with van der Waals surface area (Å²) in [7, 11) is 2.94. The van der Waals surface area contributed by atoms with E-state index in [1.807, 2.05) is 0 Å².